The average molecular weight is 665 g/mol. The highest BCUT2D eigenvalue weighted by atomic mass is 19.4. The summed E-state index contributed by atoms with van der Waals surface area (Å²) in [7, 11) is 0. The number of benzene rings is 7. The van der Waals surface area contributed by atoms with E-state index in [1.54, 1.807) is 13.8 Å². The Kier molecular flexibility index (Phi) is 5.85. The van der Waals surface area contributed by atoms with Gasteiger partial charge in [0.25, 0.3) is 0 Å². The second-order valence-electron chi connectivity index (χ2n) is 12.4. The van der Waals surface area contributed by atoms with E-state index >= 15 is 0 Å². The molecular weight excluding hydrogens is 642 g/mol. The monoisotopic (exact) mass is 664 g/mol. The Bertz CT molecular complexity index is 2740. The number of halogens is 6. The normalized spacial score (nSPS) is 13.3. The number of oxazole rings is 2. The summed E-state index contributed by atoms with van der Waals surface area (Å²) in [5.41, 5.74) is -3.16. The highest BCUT2D eigenvalue weighted by molar-refractivity contribution is 6.40. The maximum atomic E-state index is 14.7. The summed E-state index contributed by atoms with van der Waals surface area (Å²) >= 11 is 0. The molecule has 0 radical (unpaired) electrons. The van der Waals surface area contributed by atoms with Gasteiger partial charge in [0.05, 0.1) is 0 Å². The molecule has 0 saturated heterocycles. The summed E-state index contributed by atoms with van der Waals surface area (Å²) in [5.74, 6) is 0.572. The third kappa shape index (κ3) is 3.94. The lowest BCUT2D eigenvalue weighted by Gasteiger charge is -2.38. The molecular formula is C39H22F6N2O2. The number of hydrogen-bond acceptors (Lipinski definition) is 4. The first kappa shape index (κ1) is 29.5. The molecule has 7 aromatic carbocycles. The van der Waals surface area contributed by atoms with Crippen LogP contribution in [0.2, 0.25) is 0 Å². The summed E-state index contributed by atoms with van der Waals surface area (Å²) in [5, 5.41) is 7.32. The number of aryl methyl sites for hydroxylation is 2. The highest BCUT2D eigenvalue weighted by Gasteiger charge is 2.72. The summed E-state index contributed by atoms with van der Waals surface area (Å²) in [6.45, 7) is 3.38. The van der Waals surface area contributed by atoms with E-state index < -0.39 is 28.9 Å². The zero-order valence-corrected chi connectivity index (χ0v) is 25.7. The van der Waals surface area contributed by atoms with Crippen LogP contribution in [0.5, 0.6) is 0 Å². The summed E-state index contributed by atoms with van der Waals surface area (Å²) < 4.78 is 100. The van der Waals surface area contributed by atoms with Gasteiger partial charge in [-0.1, -0.05) is 78.4 Å². The molecule has 0 unspecified atom stereocenters. The molecule has 0 aliphatic carbocycles. The van der Waals surface area contributed by atoms with E-state index in [-0.39, 0.29) is 11.5 Å². The Morgan fingerprint density at radius 1 is 0.531 bits per heavy atom. The number of alkyl halides is 6. The van der Waals surface area contributed by atoms with Gasteiger partial charge in [-0.25, -0.2) is 9.97 Å². The van der Waals surface area contributed by atoms with Crippen molar-refractivity contribution < 1.29 is 35.2 Å². The molecule has 0 amide bonds. The fraction of sp³-hybridized carbons (Fsp3) is 0.128. The molecule has 0 atom stereocenters. The van der Waals surface area contributed by atoms with Gasteiger partial charge in [-0.15, -0.1) is 0 Å². The molecule has 0 N–H and O–H groups in total. The van der Waals surface area contributed by atoms with Crippen LogP contribution in [-0.2, 0) is 5.41 Å². The second-order valence-corrected chi connectivity index (χ2v) is 12.4. The Hall–Kier alpha value is -5.64. The molecule has 0 fully saturated rings. The SMILES string of the molecule is Cc1ccc(C(c2ccc(-c3nc4c(cc5cc6oc(C)nc6c6c7cccc8cccc(c87)c4c56)o3)cc2)(C(F)(F)F)C(F)(F)F)cc1. The quantitative estimate of drug-likeness (QED) is 0.107. The number of rotatable bonds is 3. The zero-order valence-electron chi connectivity index (χ0n) is 25.7. The fourth-order valence-corrected chi connectivity index (χ4v) is 7.50. The van der Waals surface area contributed by atoms with Crippen LogP contribution in [0.3, 0.4) is 0 Å². The van der Waals surface area contributed by atoms with E-state index in [2.05, 4.69) is 0 Å². The molecule has 9 rings (SSSR count). The van der Waals surface area contributed by atoms with Crippen LogP contribution >= 0.6 is 0 Å². The van der Waals surface area contributed by atoms with Gasteiger partial charge in [0.15, 0.2) is 17.1 Å². The Morgan fingerprint density at radius 3 is 1.63 bits per heavy atom. The molecule has 2 heterocycles. The van der Waals surface area contributed by atoms with Gasteiger partial charge in [0, 0.05) is 28.6 Å². The minimum Gasteiger partial charge on any atom is -0.441 e. The predicted octanol–water partition coefficient (Wildman–Crippen LogP) is 11.7. The molecule has 2 aromatic heterocycles. The molecule has 4 nitrogen and oxygen atoms in total. The molecule has 0 spiro atoms. The Balaban J connectivity index is 1.30. The van der Waals surface area contributed by atoms with Gasteiger partial charge >= 0.3 is 12.4 Å². The van der Waals surface area contributed by atoms with E-state index in [0.29, 0.717) is 33.7 Å². The van der Waals surface area contributed by atoms with Crippen molar-refractivity contribution >= 4 is 65.3 Å². The van der Waals surface area contributed by atoms with Crippen molar-refractivity contribution in [3.8, 4) is 11.5 Å². The van der Waals surface area contributed by atoms with E-state index in [1.165, 1.54) is 24.3 Å². The van der Waals surface area contributed by atoms with E-state index in [9.17, 15) is 26.3 Å². The van der Waals surface area contributed by atoms with Crippen molar-refractivity contribution in [1.29, 1.82) is 0 Å². The zero-order chi connectivity index (χ0) is 34.0. The molecule has 0 bridgehead atoms. The Labute approximate surface area is 272 Å². The van der Waals surface area contributed by atoms with Crippen molar-refractivity contribution in [2.75, 3.05) is 0 Å². The Morgan fingerprint density at radius 2 is 1.06 bits per heavy atom. The molecule has 0 aliphatic heterocycles. The molecule has 9 aromatic rings. The first-order chi connectivity index (χ1) is 23.4. The van der Waals surface area contributed by atoms with E-state index in [4.69, 9.17) is 18.8 Å². The van der Waals surface area contributed by atoms with Crippen molar-refractivity contribution in [2.24, 2.45) is 0 Å². The van der Waals surface area contributed by atoms with Crippen molar-refractivity contribution in [3.63, 3.8) is 0 Å². The number of nitrogens with zero attached hydrogens (tertiary/aromatic N) is 2. The molecule has 0 saturated carbocycles. The number of fused-ring (bicyclic) bond motifs is 6. The third-order valence-corrected chi connectivity index (χ3v) is 9.59. The van der Waals surface area contributed by atoms with Gasteiger partial charge in [-0.3, -0.25) is 0 Å². The van der Waals surface area contributed by atoms with Gasteiger partial charge in [0.2, 0.25) is 11.3 Å². The lowest BCUT2D eigenvalue weighted by atomic mass is 9.72. The van der Waals surface area contributed by atoms with Crippen molar-refractivity contribution in [1.82, 2.24) is 9.97 Å². The highest BCUT2D eigenvalue weighted by Crippen LogP contribution is 2.56. The average Bonchev–Trinajstić information content (AvgIpc) is 3.65. The van der Waals surface area contributed by atoms with Crippen LogP contribution < -0.4 is 0 Å². The van der Waals surface area contributed by atoms with Crippen LogP contribution in [0.15, 0.2) is 106 Å². The number of aromatic nitrogens is 2. The van der Waals surface area contributed by atoms with Gasteiger partial charge < -0.3 is 8.83 Å². The van der Waals surface area contributed by atoms with Crippen LogP contribution in [0.25, 0.3) is 76.7 Å². The number of hydrogen-bond donors (Lipinski definition) is 0. The predicted molar refractivity (Wildman–Crippen MR) is 177 cm³/mol. The first-order valence-corrected chi connectivity index (χ1v) is 15.4. The lowest BCUT2D eigenvalue weighted by Crippen LogP contribution is -2.54. The van der Waals surface area contributed by atoms with Crippen molar-refractivity contribution in [3.05, 3.63) is 120 Å². The molecule has 0 aliphatic rings. The summed E-state index contributed by atoms with van der Waals surface area (Å²) in [4.78, 5) is 9.55. The van der Waals surface area contributed by atoms with E-state index in [0.717, 1.165) is 67.4 Å². The minimum atomic E-state index is -5.69. The van der Waals surface area contributed by atoms with Gasteiger partial charge in [0.1, 0.15) is 11.0 Å². The van der Waals surface area contributed by atoms with Crippen LogP contribution in [-0.4, -0.2) is 22.3 Å². The van der Waals surface area contributed by atoms with E-state index in [1.807, 2.05) is 48.5 Å². The first-order valence-electron chi connectivity index (χ1n) is 15.4. The second kappa shape index (κ2) is 9.72. The smallest absolute Gasteiger partial charge is 0.411 e. The maximum Gasteiger partial charge on any atom is 0.411 e. The fourth-order valence-electron chi connectivity index (χ4n) is 7.50. The molecule has 49 heavy (non-hydrogen) atoms. The largest absolute Gasteiger partial charge is 0.441 e. The van der Waals surface area contributed by atoms with Crippen molar-refractivity contribution in [2.45, 2.75) is 31.6 Å². The molecule has 242 valence electrons. The third-order valence-electron chi connectivity index (χ3n) is 9.59. The lowest BCUT2D eigenvalue weighted by molar-refractivity contribution is -0.288. The van der Waals surface area contributed by atoms with Crippen LogP contribution in [0, 0.1) is 13.8 Å². The summed E-state index contributed by atoms with van der Waals surface area (Å²) in [6, 6.07) is 24.1. The van der Waals surface area contributed by atoms with Crippen LogP contribution in [0.4, 0.5) is 26.3 Å². The standard InChI is InChI=1S/C39H22F6N2O2/c1-19-9-13-24(14-10-19)37(38(40,41)42,39(43,44)45)25-15-11-22(12-16-25)36-47-35-29(49-36)18-23-17-28-34(46-20(2)48-28)32-26-7-3-5-21-6-4-8-27(30(21)26)33(35)31(23)32/h3-18H,1-2H3. The summed E-state index contributed by atoms with van der Waals surface area (Å²) in [6.07, 6.45) is -11.4. The topological polar surface area (TPSA) is 52.1 Å². The minimum absolute atomic E-state index is 0.0540. The van der Waals surface area contributed by atoms with Gasteiger partial charge in [-0.2, -0.15) is 26.3 Å². The van der Waals surface area contributed by atoms with Gasteiger partial charge in [-0.05, 0) is 69.2 Å². The maximum absolute atomic E-state index is 14.7. The molecule has 10 heteroatoms. The van der Waals surface area contributed by atoms with Crippen LogP contribution in [0.1, 0.15) is 22.6 Å².